The summed E-state index contributed by atoms with van der Waals surface area (Å²) in [6.07, 6.45) is 2.14. The Morgan fingerprint density at radius 2 is 1.70 bits per heavy atom. The van der Waals surface area contributed by atoms with Gasteiger partial charge >= 0.3 is 12.1 Å². The molecule has 4 rings (SSSR count). The van der Waals surface area contributed by atoms with Gasteiger partial charge in [0.2, 0.25) is 5.91 Å². The van der Waals surface area contributed by atoms with Crippen LogP contribution in [-0.4, -0.2) is 41.4 Å². The monoisotopic (exact) mass is 447 g/mol. The maximum Gasteiger partial charge on any atom is 0.407 e. The van der Waals surface area contributed by atoms with Crippen LogP contribution in [0.2, 0.25) is 0 Å². The summed E-state index contributed by atoms with van der Waals surface area (Å²) >= 11 is 0. The fraction of sp³-hybridized carbons (Fsp3) is 0.167. The van der Waals surface area contributed by atoms with Gasteiger partial charge in [-0.25, -0.2) is 9.59 Å². The molecule has 9 heteroatoms. The number of rotatable bonds is 8. The van der Waals surface area contributed by atoms with E-state index >= 15 is 0 Å². The second kappa shape index (κ2) is 9.82. The standard InChI is InChI=1S/C24H21N3O6/c28-22(26-13-15-12-21(23(29)30)27-33-15)10-5-11-25-24(31)32-14-20-18-8-3-1-6-16(18)17-7-2-4-9-19(17)20/h1-10,12,20H,11,13-14H2,(H,25,31)(H,26,28)(H,29,30)/b10-5+. The van der Waals surface area contributed by atoms with E-state index < -0.39 is 18.0 Å². The Kier molecular flexibility index (Phi) is 6.49. The molecule has 0 bridgehead atoms. The first-order valence-corrected chi connectivity index (χ1v) is 10.2. The van der Waals surface area contributed by atoms with Crippen LogP contribution in [0.25, 0.3) is 11.1 Å². The Bertz CT molecular complexity index is 1170. The van der Waals surface area contributed by atoms with Gasteiger partial charge in [-0.15, -0.1) is 0 Å². The number of ether oxygens (including phenoxy) is 1. The van der Waals surface area contributed by atoms with Crippen LogP contribution in [-0.2, 0) is 16.1 Å². The number of hydrogen-bond acceptors (Lipinski definition) is 6. The highest BCUT2D eigenvalue weighted by molar-refractivity contribution is 5.87. The van der Waals surface area contributed by atoms with Gasteiger partial charge in [0.15, 0.2) is 11.5 Å². The fourth-order valence-electron chi connectivity index (χ4n) is 3.69. The molecule has 0 unspecified atom stereocenters. The van der Waals surface area contributed by atoms with Crippen molar-refractivity contribution in [2.75, 3.05) is 13.2 Å². The zero-order valence-corrected chi connectivity index (χ0v) is 17.5. The number of carboxylic acid groups (broad SMARTS) is 1. The van der Waals surface area contributed by atoms with Crippen molar-refractivity contribution in [1.29, 1.82) is 0 Å². The van der Waals surface area contributed by atoms with Crippen molar-refractivity contribution in [2.24, 2.45) is 0 Å². The quantitative estimate of drug-likeness (QED) is 0.452. The molecule has 3 N–H and O–H groups in total. The summed E-state index contributed by atoms with van der Waals surface area (Å²) in [6, 6.07) is 17.4. The van der Waals surface area contributed by atoms with Crippen molar-refractivity contribution in [1.82, 2.24) is 15.8 Å². The molecule has 0 saturated heterocycles. The highest BCUT2D eigenvalue weighted by atomic mass is 16.5. The normalized spacial score (nSPS) is 12.2. The third kappa shape index (κ3) is 5.09. The van der Waals surface area contributed by atoms with E-state index in [0.717, 1.165) is 22.3 Å². The first-order valence-electron chi connectivity index (χ1n) is 10.2. The molecule has 1 aliphatic carbocycles. The lowest BCUT2D eigenvalue weighted by Crippen LogP contribution is -2.26. The highest BCUT2D eigenvalue weighted by Crippen LogP contribution is 2.44. The fourth-order valence-corrected chi connectivity index (χ4v) is 3.69. The minimum Gasteiger partial charge on any atom is -0.476 e. The molecule has 0 aliphatic heterocycles. The highest BCUT2D eigenvalue weighted by Gasteiger charge is 2.28. The lowest BCUT2D eigenvalue weighted by Gasteiger charge is -2.14. The Labute approximate surface area is 189 Å². The minimum absolute atomic E-state index is 0.0107. The van der Waals surface area contributed by atoms with E-state index in [4.69, 9.17) is 14.4 Å². The Hall–Kier alpha value is -4.40. The average Bonchev–Trinajstić information content (AvgIpc) is 3.42. The summed E-state index contributed by atoms with van der Waals surface area (Å²) in [6.45, 7) is 0.304. The molecule has 1 aromatic heterocycles. The molecule has 1 aliphatic rings. The maximum atomic E-state index is 12.1. The van der Waals surface area contributed by atoms with Crippen LogP contribution in [0.3, 0.4) is 0 Å². The van der Waals surface area contributed by atoms with Crippen LogP contribution in [0.5, 0.6) is 0 Å². The molecule has 33 heavy (non-hydrogen) atoms. The molecule has 0 spiro atoms. The van der Waals surface area contributed by atoms with E-state index in [-0.39, 0.29) is 37.1 Å². The van der Waals surface area contributed by atoms with Gasteiger partial charge in [0.1, 0.15) is 6.61 Å². The largest absolute Gasteiger partial charge is 0.476 e. The van der Waals surface area contributed by atoms with Crippen molar-refractivity contribution in [3.8, 4) is 11.1 Å². The molecule has 0 fully saturated rings. The molecule has 2 amide bonds. The van der Waals surface area contributed by atoms with E-state index in [1.54, 1.807) is 0 Å². The summed E-state index contributed by atoms with van der Waals surface area (Å²) in [5, 5.41) is 17.2. The number of fused-ring (bicyclic) bond motifs is 3. The number of nitrogens with zero attached hydrogens (tertiary/aromatic N) is 1. The lowest BCUT2D eigenvalue weighted by molar-refractivity contribution is -0.116. The molecule has 9 nitrogen and oxygen atoms in total. The predicted molar refractivity (Wildman–Crippen MR) is 118 cm³/mol. The first-order chi connectivity index (χ1) is 16.0. The van der Waals surface area contributed by atoms with Crippen molar-refractivity contribution in [3.63, 3.8) is 0 Å². The van der Waals surface area contributed by atoms with Gasteiger partial charge in [-0.1, -0.05) is 59.8 Å². The summed E-state index contributed by atoms with van der Waals surface area (Å²) in [4.78, 5) is 34.7. The number of alkyl carbamates (subject to hydrolysis) is 1. The summed E-state index contributed by atoms with van der Waals surface area (Å²) < 4.78 is 10.2. The molecule has 0 atom stereocenters. The number of nitrogens with one attached hydrogen (secondary N) is 2. The minimum atomic E-state index is -1.21. The summed E-state index contributed by atoms with van der Waals surface area (Å²) in [5.41, 5.74) is 4.33. The van der Waals surface area contributed by atoms with E-state index in [1.807, 2.05) is 36.4 Å². The zero-order valence-electron chi connectivity index (χ0n) is 17.5. The number of hydrogen-bond donors (Lipinski definition) is 3. The number of carboxylic acids is 1. The first kappa shape index (κ1) is 21.8. The van der Waals surface area contributed by atoms with Crippen LogP contribution in [0, 0.1) is 0 Å². The lowest BCUT2D eigenvalue weighted by atomic mass is 9.98. The number of aromatic nitrogens is 1. The summed E-state index contributed by atoms with van der Waals surface area (Å²) in [7, 11) is 0. The summed E-state index contributed by atoms with van der Waals surface area (Å²) in [5.74, 6) is -1.46. The second-order valence-electron chi connectivity index (χ2n) is 7.31. The predicted octanol–water partition coefficient (Wildman–Crippen LogP) is 3.08. The molecule has 2 aromatic carbocycles. The molecular formula is C24H21N3O6. The van der Waals surface area contributed by atoms with Gasteiger partial charge < -0.3 is 25.0 Å². The third-order valence-electron chi connectivity index (χ3n) is 5.19. The van der Waals surface area contributed by atoms with Crippen LogP contribution in [0.1, 0.15) is 33.3 Å². The SMILES string of the molecule is O=C(/C=C/CNC(=O)OCC1c2ccccc2-c2ccccc21)NCc1cc(C(=O)O)no1. The second-order valence-corrected chi connectivity index (χ2v) is 7.31. The number of carbonyl (C=O) groups is 3. The maximum absolute atomic E-state index is 12.1. The Morgan fingerprint density at radius 1 is 1.03 bits per heavy atom. The smallest absolute Gasteiger partial charge is 0.407 e. The van der Waals surface area contributed by atoms with Gasteiger partial charge in [0.25, 0.3) is 0 Å². The molecule has 0 radical (unpaired) electrons. The number of benzene rings is 2. The average molecular weight is 447 g/mol. The van der Waals surface area contributed by atoms with Crippen molar-refractivity contribution in [2.45, 2.75) is 12.5 Å². The molecule has 3 aromatic rings. The zero-order chi connectivity index (χ0) is 23.2. The molecule has 1 heterocycles. The van der Waals surface area contributed by atoms with E-state index in [0.29, 0.717) is 0 Å². The van der Waals surface area contributed by atoms with E-state index in [1.165, 1.54) is 18.2 Å². The number of carbonyl (C=O) groups excluding carboxylic acids is 2. The third-order valence-corrected chi connectivity index (χ3v) is 5.19. The van der Waals surface area contributed by atoms with Gasteiger partial charge in [0.05, 0.1) is 6.54 Å². The van der Waals surface area contributed by atoms with Gasteiger partial charge in [-0.05, 0) is 22.3 Å². The van der Waals surface area contributed by atoms with Crippen LogP contribution < -0.4 is 10.6 Å². The Morgan fingerprint density at radius 3 is 2.33 bits per heavy atom. The van der Waals surface area contributed by atoms with Gasteiger partial charge in [-0.2, -0.15) is 0 Å². The Balaban J connectivity index is 1.21. The van der Waals surface area contributed by atoms with Crippen molar-refractivity contribution in [3.05, 3.63) is 89.3 Å². The van der Waals surface area contributed by atoms with Crippen LogP contribution in [0.4, 0.5) is 4.79 Å². The van der Waals surface area contributed by atoms with Crippen LogP contribution in [0.15, 0.2) is 71.3 Å². The topological polar surface area (TPSA) is 131 Å². The van der Waals surface area contributed by atoms with Gasteiger partial charge in [0, 0.05) is 24.6 Å². The van der Waals surface area contributed by atoms with Crippen molar-refractivity contribution < 1.29 is 28.8 Å². The van der Waals surface area contributed by atoms with E-state index in [9.17, 15) is 14.4 Å². The molecule has 168 valence electrons. The number of aromatic carboxylic acids is 1. The van der Waals surface area contributed by atoms with Crippen LogP contribution >= 0.6 is 0 Å². The van der Waals surface area contributed by atoms with E-state index in [2.05, 4.69) is 27.9 Å². The molecular weight excluding hydrogens is 426 g/mol. The van der Waals surface area contributed by atoms with Crippen molar-refractivity contribution >= 4 is 18.0 Å². The molecule has 0 saturated carbocycles. The number of amides is 2. The van der Waals surface area contributed by atoms with Gasteiger partial charge in [-0.3, -0.25) is 4.79 Å².